The van der Waals surface area contributed by atoms with E-state index < -0.39 is 0 Å². The van der Waals surface area contributed by atoms with E-state index in [4.69, 9.17) is 0 Å². The number of hydrogen-bond donors (Lipinski definition) is 1. The molecule has 1 N–H and O–H groups in total. The fourth-order valence-electron chi connectivity index (χ4n) is 3.51. The molecule has 0 saturated carbocycles. The molecule has 0 bridgehead atoms. The average Bonchev–Trinajstić information content (AvgIpc) is 3.51. The summed E-state index contributed by atoms with van der Waals surface area (Å²) < 4.78 is 2.11. The smallest absolute Gasteiger partial charge is 0.231 e. The van der Waals surface area contributed by atoms with E-state index in [1.165, 1.54) is 16.9 Å². The lowest BCUT2D eigenvalue weighted by Gasteiger charge is -2.10. The van der Waals surface area contributed by atoms with E-state index in [1.807, 2.05) is 66.0 Å². The second kappa shape index (κ2) is 11.1. The van der Waals surface area contributed by atoms with Gasteiger partial charge in [-0.1, -0.05) is 60.3 Å². The van der Waals surface area contributed by atoms with Crippen molar-refractivity contribution in [3.63, 3.8) is 0 Å². The lowest BCUT2D eigenvalue weighted by atomic mass is 10.2. The van der Waals surface area contributed by atoms with Gasteiger partial charge in [0.2, 0.25) is 5.91 Å². The average molecular weight is 499 g/mol. The second-order valence-corrected chi connectivity index (χ2v) is 9.62. The van der Waals surface area contributed by atoms with Gasteiger partial charge in [-0.15, -0.1) is 21.5 Å². The molecule has 9 heteroatoms. The maximum atomic E-state index is 12.3. The lowest BCUT2D eigenvalue weighted by molar-refractivity contribution is -0.115. The van der Waals surface area contributed by atoms with E-state index in [-0.39, 0.29) is 12.3 Å². The van der Waals surface area contributed by atoms with Crippen LogP contribution in [0, 0.1) is 0 Å². The highest BCUT2D eigenvalue weighted by atomic mass is 32.2. The Balaban J connectivity index is 1.28. The minimum absolute atomic E-state index is 0.0755. The molecule has 0 aliphatic heterocycles. The molecule has 0 radical (unpaired) electrons. The molecule has 0 aliphatic carbocycles. The zero-order valence-corrected chi connectivity index (χ0v) is 20.4. The Labute approximate surface area is 211 Å². The number of rotatable bonds is 9. The summed E-state index contributed by atoms with van der Waals surface area (Å²) >= 11 is 3.08. The topological polar surface area (TPSA) is 85.6 Å². The van der Waals surface area contributed by atoms with Gasteiger partial charge >= 0.3 is 0 Å². The van der Waals surface area contributed by atoms with Gasteiger partial charge in [-0.05, 0) is 29.8 Å². The molecule has 0 fully saturated rings. The third-order valence-corrected chi connectivity index (χ3v) is 7.04. The van der Waals surface area contributed by atoms with Gasteiger partial charge in [0.1, 0.15) is 5.01 Å². The van der Waals surface area contributed by atoms with E-state index in [0.717, 1.165) is 32.9 Å². The van der Waals surface area contributed by atoms with Crippen molar-refractivity contribution in [3.8, 4) is 11.4 Å². The van der Waals surface area contributed by atoms with Crippen LogP contribution in [-0.4, -0.2) is 30.6 Å². The molecule has 7 nitrogen and oxygen atoms in total. The minimum atomic E-state index is -0.0755. The summed E-state index contributed by atoms with van der Waals surface area (Å²) in [5, 5.41) is 15.4. The number of hydrogen-bond acceptors (Lipinski definition) is 7. The molecule has 0 spiro atoms. The Bertz CT molecular complexity index is 1390. The van der Waals surface area contributed by atoms with Gasteiger partial charge in [0.15, 0.2) is 11.0 Å². The summed E-state index contributed by atoms with van der Waals surface area (Å²) in [7, 11) is 0. The number of benzene rings is 2. The summed E-state index contributed by atoms with van der Waals surface area (Å²) in [6.45, 7) is 0.655. The first kappa shape index (κ1) is 22.9. The SMILES string of the molecule is O=C(Cc1nc(CSc2nnc(-c3cccnc3)n2Cc2ccccc2)cs1)Nc1ccccc1. The van der Waals surface area contributed by atoms with Gasteiger partial charge in [-0.25, -0.2) is 4.98 Å². The van der Waals surface area contributed by atoms with Crippen LogP contribution in [0.2, 0.25) is 0 Å². The molecular weight excluding hydrogens is 476 g/mol. The lowest BCUT2D eigenvalue weighted by Crippen LogP contribution is -2.14. The van der Waals surface area contributed by atoms with Crippen molar-refractivity contribution in [1.29, 1.82) is 0 Å². The van der Waals surface area contributed by atoms with E-state index in [9.17, 15) is 4.79 Å². The number of pyridine rings is 1. The summed E-state index contributed by atoms with van der Waals surface area (Å²) in [6, 6.07) is 23.6. The predicted molar refractivity (Wildman–Crippen MR) is 139 cm³/mol. The third kappa shape index (κ3) is 6.00. The molecule has 0 unspecified atom stereocenters. The van der Waals surface area contributed by atoms with Crippen LogP contribution in [0.1, 0.15) is 16.3 Å². The first-order valence-corrected chi connectivity index (χ1v) is 12.9. The predicted octanol–water partition coefficient (Wildman–Crippen LogP) is 5.32. The van der Waals surface area contributed by atoms with E-state index in [2.05, 4.69) is 42.2 Å². The van der Waals surface area contributed by atoms with Crippen LogP contribution >= 0.6 is 23.1 Å². The van der Waals surface area contributed by atoms with Crippen molar-refractivity contribution in [2.45, 2.75) is 23.9 Å². The van der Waals surface area contributed by atoms with Crippen molar-refractivity contribution in [2.75, 3.05) is 5.32 Å². The van der Waals surface area contributed by atoms with Crippen LogP contribution in [0.5, 0.6) is 0 Å². The summed E-state index contributed by atoms with van der Waals surface area (Å²) in [4.78, 5) is 21.2. The maximum absolute atomic E-state index is 12.3. The number of nitrogens with zero attached hydrogens (tertiary/aromatic N) is 5. The zero-order chi connectivity index (χ0) is 23.9. The normalized spacial score (nSPS) is 10.9. The first-order valence-electron chi connectivity index (χ1n) is 11.0. The number of anilines is 1. The monoisotopic (exact) mass is 498 g/mol. The van der Waals surface area contributed by atoms with Gasteiger partial charge in [0, 0.05) is 34.8 Å². The highest BCUT2D eigenvalue weighted by molar-refractivity contribution is 7.98. The molecule has 5 aromatic rings. The van der Waals surface area contributed by atoms with Crippen molar-refractivity contribution in [1.82, 2.24) is 24.7 Å². The van der Waals surface area contributed by atoms with Crippen LogP contribution < -0.4 is 5.32 Å². The second-order valence-electron chi connectivity index (χ2n) is 7.73. The molecule has 1 amide bonds. The Morgan fingerprint density at radius 2 is 1.77 bits per heavy atom. The number of aromatic nitrogens is 5. The maximum Gasteiger partial charge on any atom is 0.231 e. The van der Waals surface area contributed by atoms with Gasteiger partial charge in [-0.3, -0.25) is 14.3 Å². The van der Waals surface area contributed by atoms with Crippen molar-refractivity contribution in [3.05, 3.63) is 107 Å². The van der Waals surface area contributed by atoms with Gasteiger partial charge in [-0.2, -0.15) is 0 Å². The molecule has 3 heterocycles. The molecule has 0 aliphatic rings. The van der Waals surface area contributed by atoms with Crippen molar-refractivity contribution < 1.29 is 4.79 Å². The summed E-state index contributed by atoms with van der Waals surface area (Å²) in [6.07, 6.45) is 3.80. The molecule has 0 saturated heterocycles. The van der Waals surface area contributed by atoms with Crippen molar-refractivity contribution >= 4 is 34.7 Å². The largest absolute Gasteiger partial charge is 0.326 e. The quantitative estimate of drug-likeness (QED) is 0.277. The van der Waals surface area contributed by atoms with Crippen LogP contribution in [0.15, 0.2) is 95.7 Å². The Morgan fingerprint density at radius 1 is 0.971 bits per heavy atom. The Hall–Kier alpha value is -3.82. The van der Waals surface area contributed by atoms with E-state index in [1.54, 1.807) is 24.2 Å². The van der Waals surface area contributed by atoms with E-state index in [0.29, 0.717) is 12.3 Å². The number of thioether (sulfide) groups is 1. The molecule has 3 aromatic heterocycles. The Morgan fingerprint density at radius 3 is 2.54 bits per heavy atom. The van der Waals surface area contributed by atoms with Gasteiger partial charge in [0.05, 0.1) is 18.7 Å². The number of carbonyl (C=O) groups is 1. The summed E-state index contributed by atoms with van der Waals surface area (Å²) in [5.41, 5.74) is 3.79. The highest BCUT2D eigenvalue weighted by Crippen LogP contribution is 2.27. The first-order chi connectivity index (χ1) is 17.2. The third-order valence-electron chi connectivity index (χ3n) is 5.14. The Kier molecular flexibility index (Phi) is 7.26. The van der Waals surface area contributed by atoms with Crippen molar-refractivity contribution in [2.24, 2.45) is 0 Å². The fraction of sp³-hybridized carbons (Fsp3) is 0.115. The molecule has 174 valence electrons. The highest BCUT2D eigenvalue weighted by Gasteiger charge is 2.16. The summed E-state index contributed by atoms with van der Waals surface area (Å²) in [5.74, 6) is 1.34. The molecule has 2 aromatic carbocycles. The van der Waals surface area contributed by atoms with Crippen LogP contribution in [0.3, 0.4) is 0 Å². The van der Waals surface area contributed by atoms with Crippen LogP contribution in [-0.2, 0) is 23.5 Å². The van der Waals surface area contributed by atoms with E-state index >= 15 is 0 Å². The number of amides is 1. The van der Waals surface area contributed by atoms with Gasteiger partial charge < -0.3 is 5.32 Å². The zero-order valence-electron chi connectivity index (χ0n) is 18.7. The number of para-hydroxylation sites is 1. The minimum Gasteiger partial charge on any atom is -0.326 e. The number of carbonyl (C=O) groups excluding carboxylic acids is 1. The molecule has 0 atom stereocenters. The standard InChI is InChI=1S/C26H22N6OS2/c33-23(28-21-11-5-2-6-12-21)14-24-29-22(17-34-24)18-35-26-31-30-25(20-10-7-13-27-15-20)32(26)16-19-8-3-1-4-9-19/h1-13,15,17H,14,16,18H2,(H,28,33). The fourth-order valence-corrected chi connectivity index (χ4v) is 5.24. The van der Waals surface area contributed by atoms with Gasteiger partial charge in [0.25, 0.3) is 0 Å². The number of nitrogens with one attached hydrogen (secondary N) is 1. The molecular formula is C26H22N6OS2. The van der Waals surface area contributed by atoms with Crippen LogP contribution in [0.4, 0.5) is 5.69 Å². The van der Waals surface area contributed by atoms with Crippen LogP contribution in [0.25, 0.3) is 11.4 Å². The number of thiazole rings is 1. The molecule has 35 heavy (non-hydrogen) atoms. The molecule has 5 rings (SSSR count).